The molecular formula is C33H33F2N7O5. The number of ether oxygens (including phenoxy) is 2. The zero-order valence-electron chi connectivity index (χ0n) is 25.5. The van der Waals surface area contributed by atoms with Gasteiger partial charge in [0.25, 0.3) is 11.5 Å². The molecule has 0 unspecified atom stereocenters. The molecule has 1 saturated carbocycles. The van der Waals surface area contributed by atoms with Crippen LogP contribution < -0.4 is 21.3 Å². The van der Waals surface area contributed by atoms with E-state index in [4.69, 9.17) is 9.47 Å². The van der Waals surface area contributed by atoms with Gasteiger partial charge < -0.3 is 19.2 Å². The van der Waals surface area contributed by atoms with Gasteiger partial charge in [0.1, 0.15) is 35.3 Å². The van der Waals surface area contributed by atoms with Crippen molar-refractivity contribution < 1.29 is 23.0 Å². The molecule has 244 valence electrons. The quantitative estimate of drug-likeness (QED) is 0.273. The SMILES string of the molecule is O=C(N[C@H]1CC[C@@H](n2c(=O)c3cc(F)cnc3n(-c3cccc(OCCN4CCOCC4)c3)c2=O)CC1)c1cn2cc(F)ccc2n1. The van der Waals surface area contributed by atoms with Crippen LogP contribution in [0.15, 0.2) is 70.6 Å². The molecule has 5 aromatic rings. The average molecular weight is 646 g/mol. The minimum absolute atomic E-state index is 0.0121. The Morgan fingerprint density at radius 3 is 2.62 bits per heavy atom. The van der Waals surface area contributed by atoms with Gasteiger partial charge in [0.15, 0.2) is 5.65 Å². The summed E-state index contributed by atoms with van der Waals surface area (Å²) in [7, 11) is 0. The molecule has 2 fully saturated rings. The van der Waals surface area contributed by atoms with Gasteiger partial charge >= 0.3 is 5.69 Å². The molecule has 1 aliphatic carbocycles. The zero-order valence-corrected chi connectivity index (χ0v) is 25.5. The standard InChI is InChI=1S/C33H33F2N7O5/c34-21-4-9-29-38-28(20-40(29)19-21)31(43)37-23-5-7-24(8-6-23)42-32(44)27-16-22(35)18-36-30(27)41(33(42)45)25-2-1-3-26(17-25)47-15-12-39-10-13-46-14-11-39/h1-4,9,16-20,23-24H,5-8,10-15H2,(H,37,43)/t23-,24+. The van der Waals surface area contributed by atoms with Crippen molar-refractivity contribution in [3.63, 3.8) is 0 Å². The number of rotatable bonds is 8. The third-order valence-corrected chi connectivity index (χ3v) is 8.79. The number of nitrogens with one attached hydrogen (secondary N) is 1. The second-order valence-electron chi connectivity index (χ2n) is 11.8. The summed E-state index contributed by atoms with van der Waals surface area (Å²) in [6.45, 7) is 4.23. The number of nitrogens with zero attached hydrogens (tertiary/aromatic N) is 6. The number of carbonyl (C=O) groups is 1. The Labute approximate surface area is 267 Å². The first-order valence-electron chi connectivity index (χ1n) is 15.7. The highest BCUT2D eigenvalue weighted by Crippen LogP contribution is 2.28. The van der Waals surface area contributed by atoms with Crippen LogP contribution in [0.4, 0.5) is 8.78 Å². The topological polar surface area (TPSA) is 125 Å². The molecule has 2 aliphatic rings. The highest BCUT2D eigenvalue weighted by Gasteiger charge is 2.28. The fourth-order valence-corrected chi connectivity index (χ4v) is 6.38. The minimum atomic E-state index is -0.687. The molecule has 1 aliphatic heterocycles. The molecule has 47 heavy (non-hydrogen) atoms. The third kappa shape index (κ3) is 6.38. The van der Waals surface area contributed by atoms with Crippen LogP contribution in [0.5, 0.6) is 5.75 Å². The number of carbonyl (C=O) groups excluding carboxylic acids is 1. The smallest absolute Gasteiger partial charge is 0.337 e. The predicted molar refractivity (Wildman–Crippen MR) is 168 cm³/mol. The molecule has 12 nitrogen and oxygen atoms in total. The summed E-state index contributed by atoms with van der Waals surface area (Å²) in [5.74, 6) is -0.978. The molecule has 0 atom stereocenters. The summed E-state index contributed by atoms with van der Waals surface area (Å²) in [6, 6.07) is 10.1. The Kier molecular flexibility index (Phi) is 8.52. The van der Waals surface area contributed by atoms with E-state index in [0.29, 0.717) is 62.6 Å². The summed E-state index contributed by atoms with van der Waals surface area (Å²) in [4.78, 5) is 51.4. The van der Waals surface area contributed by atoms with Crippen LogP contribution in [0.25, 0.3) is 22.4 Å². The van der Waals surface area contributed by atoms with E-state index in [1.54, 1.807) is 24.3 Å². The van der Waals surface area contributed by atoms with Crippen molar-refractivity contribution in [3.8, 4) is 11.4 Å². The van der Waals surface area contributed by atoms with Crippen LogP contribution in [-0.4, -0.2) is 79.8 Å². The number of fused-ring (bicyclic) bond motifs is 2. The summed E-state index contributed by atoms with van der Waals surface area (Å²) in [6.07, 6.45) is 5.54. The lowest BCUT2D eigenvalue weighted by atomic mass is 9.90. The summed E-state index contributed by atoms with van der Waals surface area (Å²) in [5, 5.41) is 2.96. The zero-order chi connectivity index (χ0) is 32.5. The first-order chi connectivity index (χ1) is 22.8. The molecule has 4 aromatic heterocycles. The van der Waals surface area contributed by atoms with Gasteiger partial charge in [-0.1, -0.05) is 6.07 Å². The van der Waals surface area contributed by atoms with Gasteiger partial charge in [-0.05, 0) is 56.0 Å². The van der Waals surface area contributed by atoms with Gasteiger partial charge in [-0.2, -0.15) is 0 Å². The Bertz CT molecular complexity index is 2060. The van der Waals surface area contributed by atoms with Crippen LogP contribution in [0, 0.1) is 11.6 Å². The minimum Gasteiger partial charge on any atom is -0.492 e. The lowest BCUT2D eigenvalue weighted by Gasteiger charge is -2.30. The van der Waals surface area contributed by atoms with Crippen molar-refractivity contribution in [1.82, 2.24) is 33.7 Å². The first kappa shape index (κ1) is 30.7. The second-order valence-corrected chi connectivity index (χ2v) is 11.8. The maximum atomic E-state index is 14.4. The largest absolute Gasteiger partial charge is 0.492 e. The number of halogens is 2. The highest BCUT2D eigenvalue weighted by molar-refractivity contribution is 5.93. The normalized spacial score (nSPS) is 18.9. The molecule has 1 amide bonds. The molecule has 1 saturated heterocycles. The molecular weight excluding hydrogens is 612 g/mol. The monoisotopic (exact) mass is 645 g/mol. The molecule has 0 spiro atoms. The van der Waals surface area contributed by atoms with Gasteiger partial charge in [0, 0.05) is 50.2 Å². The van der Waals surface area contributed by atoms with E-state index in [1.807, 2.05) is 0 Å². The highest BCUT2D eigenvalue weighted by atomic mass is 19.1. The molecule has 14 heteroatoms. The lowest BCUT2D eigenvalue weighted by Crippen LogP contribution is -2.45. The number of pyridine rings is 2. The Morgan fingerprint density at radius 1 is 1.00 bits per heavy atom. The number of hydrogen-bond acceptors (Lipinski definition) is 8. The van der Waals surface area contributed by atoms with Crippen molar-refractivity contribution in [2.24, 2.45) is 0 Å². The van der Waals surface area contributed by atoms with Crippen molar-refractivity contribution in [3.05, 3.63) is 99.2 Å². The first-order valence-corrected chi connectivity index (χ1v) is 15.7. The van der Waals surface area contributed by atoms with Gasteiger partial charge in [0.05, 0.1) is 30.5 Å². The van der Waals surface area contributed by atoms with Gasteiger partial charge in [0.2, 0.25) is 0 Å². The Morgan fingerprint density at radius 2 is 1.81 bits per heavy atom. The molecule has 5 heterocycles. The second kappa shape index (κ2) is 13.0. The summed E-state index contributed by atoms with van der Waals surface area (Å²) >= 11 is 0. The number of aromatic nitrogens is 5. The molecule has 1 N–H and O–H groups in total. The van der Waals surface area contributed by atoms with Crippen LogP contribution in [0.3, 0.4) is 0 Å². The molecule has 0 radical (unpaired) electrons. The van der Waals surface area contributed by atoms with E-state index in [2.05, 4.69) is 20.2 Å². The molecule has 0 bridgehead atoms. The van der Waals surface area contributed by atoms with Gasteiger partial charge in [-0.3, -0.25) is 19.1 Å². The van der Waals surface area contributed by atoms with Crippen LogP contribution >= 0.6 is 0 Å². The molecule has 1 aromatic carbocycles. The van der Waals surface area contributed by atoms with Crippen molar-refractivity contribution >= 4 is 22.6 Å². The van der Waals surface area contributed by atoms with Crippen molar-refractivity contribution in [2.45, 2.75) is 37.8 Å². The predicted octanol–water partition coefficient (Wildman–Crippen LogP) is 3.10. The number of hydrogen-bond donors (Lipinski definition) is 1. The van der Waals surface area contributed by atoms with Crippen molar-refractivity contribution in [1.29, 1.82) is 0 Å². The van der Waals surface area contributed by atoms with Crippen LogP contribution in [0.1, 0.15) is 42.2 Å². The lowest BCUT2D eigenvalue weighted by molar-refractivity contribution is 0.0322. The van der Waals surface area contributed by atoms with Crippen LogP contribution in [-0.2, 0) is 4.74 Å². The maximum absolute atomic E-state index is 14.4. The summed E-state index contributed by atoms with van der Waals surface area (Å²) < 4.78 is 43.3. The molecule has 7 rings (SSSR count). The van der Waals surface area contributed by atoms with E-state index < -0.39 is 34.8 Å². The Balaban J connectivity index is 1.11. The fourth-order valence-electron chi connectivity index (χ4n) is 6.38. The van der Waals surface area contributed by atoms with E-state index in [-0.39, 0.29) is 22.8 Å². The third-order valence-electron chi connectivity index (χ3n) is 8.79. The number of imidazole rings is 1. The summed E-state index contributed by atoms with van der Waals surface area (Å²) in [5.41, 5.74) is -0.107. The van der Waals surface area contributed by atoms with E-state index in [1.165, 1.54) is 38.1 Å². The maximum Gasteiger partial charge on any atom is 0.337 e. The number of benzene rings is 1. The van der Waals surface area contributed by atoms with E-state index >= 15 is 0 Å². The van der Waals surface area contributed by atoms with E-state index in [9.17, 15) is 23.2 Å². The van der Waals surface area contributed by atoms with E-state index in [0.717, 1.165) is 31.9 Å². The Hall–Kier alpha value is -4.95. The average Bonchev–Trinajstić information content (AvgIpc) is 3.50. The number of amides is 1. The fraction of sp³-hybridized carbons (Fsp3) is 0.364. The van der Waals surface area contributed by atoms with Crippen LogP contribution in [0.2, 0.25) is 0 Å². The van der Waals surface area contributed by atoms with Gasteiger partial charge in [-0.25, -0.2) is 28.1 Å². The van der Waals surface area contributed by atoms with Crippen molar-refractivity contribution in [2.75, 3.05) is 39.5 Å². The van der Waals surface area contributed by atoms with Gasteiger partial charge in [-0.15, -0.1) is 0 Å². The number of morpholine rings is 1.